The molecule has 0 aliphatic rings. The van der Waals surface area contributed by atoms with Crippen LogP contribution in [0.25, 0.3) is 0 Å². The Morgan fingerprint density at radius 3 is 3.00 bits per heavy atom. The van der Waals surface area contributed by atoms with E-state index >= 15 is 0 Å². The lowest BCUT2D eigenvalue weighted by Crippen LogP contribution is -2.04. The van der Waals surface area contributed by atoms with Gasteiger partial charge in [-0.05, 0) is 12.5 Å². The molecule has 0 spiro atoms. The summed E-state index contributed by atoms with van der Waals surface area (Å²) in [5, 5.41) is 3.88. The van der Waals surface area contributed by atoms with E-state index in [0.29, 0.717) is 18.8 Å². The molecular formula is C6H10FN3. The summed E-state index contributed by atoms with van der Waals surface area (Å²) in [6, 6.07) is 1.69. The van der Waals surface area contributed by atoms with E-state index in [1.54, 1.807) is 16.9 Å². The van der Waals surface area contributed by atoms with Crippen LogP contribution in [0.5, 0.6) is 0 Å². The molecule has 3 nitrogen and oxygen atoms in total. The number of nitrogen functional groups attached to an aromatic ring is 1. The van der Waals surface area contributed by atoms with E-state index in [1.807, 2.05) is 0 Å². The molecule has 0 aliphatic carbocycles. The van der Waals surface area contributed by atoms with Crippen molar-refractivity contribution < 1.29 is 4.39 Å². The molecule has 0 radical (unpaired) electrons. The molecule has 0 amide bonds. The summed E-state index contributed by atoms with van der Waals surface area (Å²) in [6.45, 7) is 0.245. The van der Waals surface area contributed by atoms with Crippen molar-refractivity contribution in [2.24, 2.45) is 0 Å². The van der Waals surface area contributed by atoms with Crippen LogP contribution >= 0.6 is 0 Å². The van der Waals surface area contributed by atoms with E-state index in [0.717, 1.165) is 0 Å². The smallest absolute Gasteiger partial charge is 0.121 e. The maximum Gasteiger partial charge on any atom is 0.121 e. The van der Waals surface area contributed by atoms with E-state index in [1.165, 1.54) is 0 Å². The number of hydrogen-bond donors (Lipinski definition) is 1. The Labute approximate surface area is 58.6 Å². The van der Waals surface area contributed by atoms with Crippen molar-refractivity contribution >= 4 is 5.82 Å². The zero-order valence-electron chi connectivity index (χ0n) is 5.63. The number of nitrogens with zero attached hydrogens (tertiary/aromatic N) is 2. The van der Waals surface area contributed by atoms with Crippen LogP contribution in [0.1, 0.15) is 6.42 Å². The summed E-state index contributed by atoms with van der Waals surface area (Å²) in [4.78, 5) is 0. The molecule has 1 rings (SSSR count). The molecule has 0 fully saturated rings. The Hall–Kier alpha value is -1.06. The molecule has 0 aromatic carbocycles. The third-order valence-corrected chi connectivity index (χ3v) is 1.25. The fourth-order valence-electron chi connectivity index (χ4n) is 0.739. The van der Waals surface area contributed by atoms with Gasteiger partial charge in [0, 0.05) is 6.54 Å². The molecule has 1 aromatic rings. The van der Waals surface area contributed by atoms with Gasteiger partial charge in [0.05, 0.1) is 12.9 Å². The molecule has 1 aromatic heterocycles. The molecule has 0 saturated carbocycles. The van der Waals surface area contributed by atoms with Gasteiger partial charge in [0.1, 0.15) is 5.82 Å². The first-order valence-electron chi connectivity index (χ1n) is 3.18. The zero-order chi connectivity index (χ0) is 7.40. The molecule has 2 N–H and O–H groups in total. The lowest BCUT2D eigenvalue weighted by Gasteiger charge is -1.99. The van der Waals surface area contributed by atoms with Gasteiger partial charge in [-0.15, -0.1) is 0 Å². The molecule has 4 heteroatoms. The Morgan fingerprint density at radius 1 is 1.70 bits per heavy atom. The standard InChI is InChI=1S/C6H10FN3/c7-3-1-5-10-6(8)2-4-9-10/h2,4H,1,3,5,8H2. The minimum atomic E-state index is -0.320. The minimum Gasteiger partial charge on any atom is -0.384 e. The number of aryl methyl sites for hydroxylation is 1. The van der Waals surface area contributed by atoms with Gasteiger partial charge < -0.3 is 5.73 Å². The highest BCUT2D eigenvalue weighted by atomic mass is 19.1. The number of rotatable bonds is 3. The van der Waals surface area contributed by atoms with Crippen LogP contribution in [0, 0.1) is 0 Å². The maximum absolute atomic E-state index is 11.6. The largest absolute Gasteiger partial charge is 0.384 e. The normalized spacial score (nSPS) is 10.1. The highest BCUT2D eigenvalue weighted by molar-refractivity contribution is 5.25. The van der Waals surface area contributed by atoms with Crippen molar-refractivity contribution in [1.29, 1.82) is 0 Å². The Balaban J connectivity index is 2.49. The van der Waals surface area contributed by atoms with E-state index in [9.17, 15) is 4.39 Å². The number of alkyl halides is 1. The number of nitrogens with two attached hydrogens (primary N) is 1. The molecule has 0 atom stereocenters. The molecule has 0 saturated heterocycles. The number of hydrogen-bond acceptors (Lipinski definition) is 2. The van der Waals surface area contributed by atoms with Crippen LogP contribution in [0.3, 0.4) is 0 Å². The van der Waals surface area contributed by atoms with Gasteiger partial charge in [-0.25, -0.2) is 0 Å². The molecule has 0 bridgehead atoms. The van der Waals surface area contributed by atoms with Crippen molar-refractivity contribution in [1.82, 2.24) is 9.78 Å². The summed E-state index contributed by atoms with van der Waals surface area (Å²) in [7, 11) is 0. The first-order chi connectivity index (χ1) is 4.84. The first kappa shape index (κ1) is 7.05. The van der Waals surface area contributed by atoms with Crippen molar-refractivity contribution in [3.05, 3.63) is 12.3 Å². The second-order valence-electron chi connectivity index (χ2n) is 2.02. The van der Waals surface area contributed by atoms with Gasteiger partial charge in [0.2, 0.25) is 0 Å². The molecular weight excluding hydrogens is 133 g/mol. The van der Waals surface area contributed by atoms with Gasteiger partial charge >= 0.3 is 0 Å². The predicted octanol–water partition coefficient (Wildman–Crippen LogP) is 0.825. The van der Waals surface area contributed by atoms with Gasteiger partial charge in [0.25, 0.3) is 0 Å². The Morgan fingerprint density at radius 2 is 2.50 bits per heavy atom. The van der Waals surface area contributed by atoms with Crippen molar-refractivity contribution in [2.75, 3.05) is 12.4 Å². The summed E-state index contributed by atoms with van der Waals surface area (Å²) < 4.78 is 13.2. The average molecular weight is 143 g/mol. The van der Waals surface area contributed by atoms with E-state index in [2.05, 4.69) is 5.10 Å². The average Bonchev–Trinajstić information content (AvgIpc) is 2.31. The van der Waals surface area contributed by atoms with Crippen LogP contribution < -0.4 is 5.73 Å². The topological polar surface area (TPSA) is 43.8 Å². The summed E-state index contributed by atoms with van der Waals surface area (Å²) >= 11 is 0. The maximum atomic E-state index is 11.6. The summed E-state index contributed by atoms with van der Waals surface area (Å²) in [6.07, 6.45) is 2.08. The fourth-order valence-corrected chi connectivity index (χ4v) is 0.739. The molecule has 10 heavy (non-hydrogen) atoms. The lowest BCUT2D eigenvalue weighted by molar-refractivity contribution is 0.437. The Kier molecular flexibility index (Phi) is 2.25. The van der Waals surface area contributed by atoms with E-state index in [-0.39, 0.29) is 6.67 Å². The SMILES string of the molecule is Nc1ccnn1CCCF. The van der Waals surface area contributed by atoms with Crippen LogP contribution in [0.2, 0.25) is 0 Å². The molecule has 0 unspecified atom stereocenters. The second kappa shape index (κ2) is 3.20. The monoisotopic (exact) mass is 143 g/mol. The molecule has 56 valence electrons. The van der Waals surface area contributed by atoms with Crippen LogP contribution in [0.4, 0.5) is 10.2 Å². The first-order valence-corrected chi connectivity index (χ1v) is 3.18. The molecule has 1 heterocycles. The third-order valence-electron chi connectivity index (χ3n) is 1.25. The predicted molar refractivity (Wildman–Crippen MR) is 37.2 cm³/mol. The third kappa shape index (κ3) is 1.46. The zero-order valence-corrected chi connectivity index (χ0v) is 5.63. The van der Waals surface area contributed by atoms with Crippen molar-refractivity contribution in [3.63, 3.8) is 0 Å². The van der Waals surface area contributed by atoms with Crippen LogP contribution in [-0.2, 0) is 6.54 Å². The van der Waals surface area contributed by atoms with Crippen molar-refractivity contribution in [2.45, 2.75) is 13.0 Å². The summed E-state index contributed by atoms with van der Waals surface area (Å²) in [5.41, 5.74) is 5.46. The van der Waals surface area contributed by atoms with Crippen LogP contribution in [-0.4, -0.2) is 16.5 Å². The van der Waals surface area contributed by atoms with E-state index < -0.39 is 0 Å². The van der Waals surface area contributed by atoms with E-state index in [4.69, 9.17) is 5.73 Å². The number of anilines is 1. The van der Waals surface area contributed by atoms with Gasteiger partial charge in [-0.2, -0.15) is 5.10 Å². The second-order valence-corrected chi connectivity index (χ2v) is 2.02. The number of aromatic nitrogens is 2. The highest BCUT2D eigenvalue weighted by Gasteiger charge is 1.94. The number of halogens is 1. The quantitative estimate of drug-likeness (QED) is 0.680. The summed E-state index contributed by atoms with van der Waals surface area (Å²) in [5.74, 6) is 0.591. The highest BCUT2D eigenvalue weighted by Crippen LogP contribution is 2.00. The fraction of sp³-hybridized carbons (Fsp3) is 0.500. The van der Waals surface area contributed by atoms with Crippen LogP contribution in [0.15, 0.2) is 12.3 Å². The van der Waals surface area contributed by atoms with Gasteiger partial charge in [-0.3, -0.25) is 9.07 Å². The van der Waals surface area contributed by atoms with Gasteiger partial charge in [-0.1, -0.05) is 0 Å². The molecule has 0 aliphatic heterocycles. The minimum absolute atomic E-state index is 0.320. The Bertz CT molecular complexity index is 197. The van der Waals surface area contributed by atoms with Crippen molar-refractivity contribution in [3.8, 4) is 0 Å². The lowest BCUT2D eigenvalue weighted by atomic mass is 10.5. The van der Waals surface area contributed by atoms with Gasteiger partial charge in [0.15, 0.2) is 0 Å².